The molecule has 1 aromatic carbocycles. The van der Waals surface area contributed by atoms with Gasteiger partial charge in [0.25, 0.3) is 0 Å². The molecule has 0 amide bonds. The third kappa shape index (κ3) is 6.47. The van der Waals surface area contributed by atoms with Crippen molar-refractivity contribution in [2.45, 2.75) is 76.5 Å². The second kappa shape index (κ2) is 10.5. The maximum Gasteiger partial charge on any atom is 0.416 e. The van der Waals surface area contributed by atoms with E-state index in [0.29, 0.717) is 18.6 Å². The highest BCUT2D eigenvalue weighted by Crippen LogP contribution is 2.43. The lowest BCUT2D eigenvalue weighted by Gasteiger charge is -2.38. The largest absolute Gasteiger partial charge is 0.416 e. The van der Waals surface area contributed by atoms with E-state index in [-0.39, 0.29) is 0 Å². The van der Waals surface area contributed by atoms with E-state index in [1.54, 1.807) is 12.1 Å². The van der Waals surface area contributed by atoms with Gasteiger partial charge in [0.15, 0.2) is 0 Å². The van der Waals surface area contributed by atoms with Crippen LogP contribution < -0.4 is 0 Å². The Morgan fingerprint density at radius 2 is 1.45 bits per heavy atom. The minimum Gasteiger partial charge on any atom is -0.374 e. The highest BCUT2D eigenvalue weighted by Gasteiger charge is 2.33. The topological polar surface area (TPSA) is 9.23 Å². The zero-order valence-corrected chi connectivity index (χ0v) is 17.3. The highest BCUT2D eigenvalue weighted by molar-refractivity contribution is 5.27. The fraction of sp³-hybridized carbons (Fsp3) is 0.600. The van der Waals surface area contributed by atoms with Crippen LogP contribution in [0.15, 0.2) is 48.6 Å². The lowest BCUT2D eigenvalue weighted by atomic mass is 9.69. The van der Waals surface area contributed by atoms with Crippen LogP contribution in [0.1, 0.15) is 75.3 Å². The van der Waals surface area contributed by atoms with Gasteiger partial charge in [-0.05, 0) is 93.7 Å². The average Bonchev–Trinajstić information content (AvgIpc) is 2.74. The minimum atomic E-state index is -4.25. The number of ether oxygens (including phenoxy) is 1. The third-order valence-electron chi connectivity index (χ3n) is 6.73. The third-order valence-corrected chi connectivity index (χ3v) is 6.73. The van der Waals surface area contributed by atoms with Gasteiger partial charge in [-0.2, -0.15) is 13.2 Å². The van der Waals surface area contributed by atoms with Crippen molar-refractivity contribution in [2.24, 2.45) is 11.8 Å². The number of halogens is 3. The molecule has 1 nitrogen and oxygen atoms in total. The van der Waals surface area contributed by atoms with Gasteiger partial charge in [0.1, 0.15) is 0 Å². The molecule has 2 aliphatic rings. The second-order valence-electron chi connectivity index (χ2n) is 8.56. The van der Waals surface area contributed by atoms with Crippen molar-refractivity contribution in [1.29, 1.82) is 0 Å². The Morgan fingerprint density at radius 1 is 0.862 bits per heavy atom. The zero-order chi connectivity index (χ0) is 20.7. The summed E-state index contributed by atoms with van der Waals surface area (Å²) in [4.78, 5) is 0. The molecule has 2 saturated carbocycles. The van der Waals surface area contributed by atoms with Gasteiger partial charge < -0.3 is 4.74 Å². The molecule has 3 rings (SSSR count). The summed E-state index contributed by atoms with van der Waals surface area (Å²) >= 11 is 0. The summed E-state index contributed by atoms with van der Waals surface area (Å²) in [5.41, 5.74) is 0.519. The van der Waals surface area contributed by atoms with Crippen molar-refractivity contribution in [2.75, 3.05) is 6.61 Å². The van der Waals surface area contributed by atoms with Gasteiger partial charge in [0, 0.05) is 0 Å². The van der Waals surface area contributed by atoms with E-state index in [0.717, 1.165) is 43.1 Å². The fourth-order valence-corrected chi connectivity index (χ4v) is 5.03. The molecule has 0 aliphatic heterocycles. The average molecular weight is 407 g/mol. The number of hydrogen-bond acceptors (Lipinski definition) is 1. The van der Waals surface area contributed by atoms with Crippen LogP contribution in [0.5, 0.6) is 0 Å². The summed E-state index contributed by atoms with van der Waals surface area (Å²) in [6.07, 6.45) is 13.7. The van der Waals surface area contributed by atoms with Crippen molar-refractivity contribution >= 4 is 0 Å². The molecular weight excluding hydrogens is 373 g/mol. The van der Waals surface area contributed by atoms with Crippen LogP contribution in [0, 0.1) is 11.8 Å². The summed E-state index contributed by atoms with van der Waals surface area (Å²) in [6.45, 7) is 2.70. The van der Waals surface area contributed by atoms with E-state index in [4.69, 9.17) is 4.74 Å². The Bertz CT molecular complexity index is 658. The lowest BCUT2D eigenvalue weighted by Crippen LogP contribution is -2.28. The second-order valence-corrected chi connectivity index (χ2v) is 8.56. The Labute approximate surface area is 173 Å². The van der Waals surface area contributed by atoms with Crippen LogP contribution in [-0.4, -0.2) is 12.7 Å². The number of hydrogen-bond donors (Lipinski definition) is 0. The SMILES string of the molecule is C/C=C/C=C/CO[C@H]1CC[C@H](C2CCC(c3ccc(C(F)(F)F)cc3)CC2)CC1. The van der Waals surface area contributed by atoms with Crippen LogP contribution in [0.25, 0.3) is 0 Å². The van der Waals surface area contributed by atoms with Crippen molar-refractivity contribution in [3.05, 3.63) is 59.7 Å². The summed E-state index contributed by atoms with van der Waals surface area (Å²) in [5, 5.41) is 0. The molecule has 0 N–H and O–H groups in total. The molecule has 0 bridgehead atoms. The molecule has 160 valence electrons. The molecular formula is C25H33F3O. The summed E-state index contributed by atoms with van der Waals surface area (Å²) in [6, 6.07) is 5.83. The van der Waals surface area contributed by atoms with Crippen LogP contribution in [-0.2, 0) is 10.9 Å². The van der Waals surface area contributed by atoms with Crippen LogP contribution in [0.2, 0.25) is 0 Å². The monoisotopic (exact) mass is 406 g/mol. The first-order valence-corrected chi connectivity index (χ1v) is 11.0. The number of alkyl halides is 3. The molecule has 2 fully saturated rings. The first-order valence-electron chi connectivity index (χ1n) is 11.0. The summed E-state index contributed by atoms with van der Waals surface area (Å²) in [5.74, 6) is 1.98. The zero-order valence-electron chi connectivity index (χ0n) is 17.3. The van der Waals surface area contributed by atoms with E-state index in [1.165, 1.54) is 37.8 Å². The van der Waals surface area contributed by atoms with Crippen LogP contribution in [0.4, 0.5) is 13.2 Å². The highest BCUT2D eigenvalue weighted by atomic mass is 19.4. The Kier molecular flexibility index (Phi) is 7.99. The molecule has 0 heterocycles. The molecule has 1 aromatic rings. The first kappa shape index (κ1) is 22.1. The standard InChI is InChI=1S/C25H33F3O/c1-2-3-4-5-18-29-24-16-12-22(13-17-24)20-8-6-19(7-9-20)21-10-14-23(15-11-21)25(26,27)28/h2-5,10-11,14-15,19-20,22,24H,6-9,12-13,16-18H2,1H3/b3-2+,5-4+/t19?,20?,22-,24-. The normalized spacial score (nSPS) is 29.0. The molecule has 4 heteroatoms. The first-order chi connectivity index (χ1) is 14.0. The fourth-order valence-electron chi connectivity index (χ4n) is 5.03. The number of benzene rings is 1. The Hall–Kier alpha value is -1.55. The molecule has 0 atom stereocenters. The predicted octanol–water partition coefficient (Wildman–Crippen LogP) is 7.69. The number of rotatable bonds is 6. The Morgan fingerprint density at radius 3 is 2.00 bits per heavy atom. The van der Waals surface area contributed by atoms with Crippen LogP contribution in [0.3, 0.4) is 0 Å². The van der Waals surface area contributed by atoms with Gasteiger partial charge in [-0.25, -0.2) is 0 Å². The van der Waals surface area contributed by atoms with E-state index < -0.39 is 11.7 Å². The number of allylic oxidation sites excluding steroid dienone is 3. The minimum absolute atomic E-state index is 0.394. The molecule has 2 aliphatic carbocycles. The van der Waals surface area contributed by atoms with Crippen molar-refractivity contribution in [3.8, 4) is 0 Å². The maximum absolute atomic E-state index is 12.7. The van der Waals surface area contributed by atoms with E-state index in [9.17, 15) is 13.2 Å². The summed E-state index contributed by atoms with van der Waals surface area (Å²) < 4.78 is 44.2. The van der Waals surface area contributed by atoms with Gasteiger partial charge in [-0.3, -0.25) is 0 Å². The molecule has 0 aromatic heterocycles. The van der Waals surface area contributed by atoms with Crippen molar-refractivity contribution < 1.29 is 17.9 Å². The van der Waals surface area contributed by atoms with Gasteiger partial charge in [0.2, 0.25) is 0 Å². The Balaban J connectivity index is 1.40. The summed E-state index contributed by atoms with van der Waals surface area (Å²) in [7, 11) is 0. The predicted molar refractivity (Wildman–Crippen MR) is 112 cm³/mol. The molecule has 0 unspecified atom stereocenters. The van der Waals surface area contributed by atoms with Gasteiger partial charge in [0.05, 0.1) is 18.3 Å². The van der Waals surface area contributed by atoms with Gasteiger partial charge in [-0.15, -0.1) is 0 Å². The van der Waals surface area contributed by atoms with Gasteiger partial charge >= 0.3 is 6.18 Å². The van der Waals surface area contributed by atoms with Gasteiger partial charge in [-0.1, -0.05) is 36.4 Å². The van der Waals surface area contributed by atoms with Crippen molar-refractivity contribution in [3.63, 3.8) is 0 Å². The van der Waals surface area contributed by atoms with Crippen molar-refractivity contribution in [1.82, 2.24) is 0 Å². The molecule has 0 saturated heterocycles. The molecule has 0 radical (unpaired) electrons. The van der Waals surface area contributed by atoms with E-state index in [2.05, 4.69) is 6.08 Å². The maximum atomic E-state index is 12.7. The van der Waals surface area contributed by atoms with Crippen LogP contribution >= 0.6 is 0 Å². The quantitative estimate of drug-likeness (QED) is 0.440. The molecule has 0 spiro atoms. The van der Waals surface area contributed by atoms with E-state index in [1.807, 2.05) is 25.2 Å². The smallest absolute Gasteiger partial charge is 0.374 e. The molecule has 29 heavy (non-hydrogen) atoms. The van der Waals surface area contributed by atoms with E-state index >= 15 is 0 Å². The lowest BCUT2D eigenvalue weighted by molar-refractivity contribution is -0.137.